The first-order chi connectivity index (χ1) is 13.6. The Morgan fingerprint density at radius 3 is 2.68 bits per heavy atom. The summed E-state index contributed by atoms with van der Waals surface area (Å²) in [5.41, 5.74) is 6.56. The minimum Gasteiger partial charge on any atom is -0.378 e. The van der Waals surface area contributed by atoms with Crippen molar-refractivity contribution in [3.8, 4) is 0 Å². The smallest absolute Gasteiger partial charge is 0.281 e. The Balaban J connectivity index is 1.45. The number of fused-ring (bicyclic) bond motifs is 1. The van der Waals surface area contributed by atoms with Gasteiger partial charge in [-0.2, -0.15) is 0 Å². The minimum absolute atomic E-state index is 0.393. The second-order valence-corrected chi connectivity index (χ2v) is 7.28. The molecule has 0 saturated carbocycles. The summed E-state index contributed by atoms with van der Waals surface area (Å²) in [4.78, 5) is 36.4. The Morgan fingerprint density at radius 2 is 1.86 bits per heavy atom. The van der Waals surface area contributed by atoms with Crippen LogP contribution in [0, 0.1) is 6.92 Å². The van der Waals surface area contributed by atoms with Gasteiger partial charge in [0, 0.05) is 24.7 Å². The van der Waals surface area contributed by atoms with E-state index in [0.29, 0.717) is 34.9 Å². The maximum Gasteiger partial charge on any atom is 0.281 e. The van der Waals surface area contributed by atoms with Crippen molar-refractivity contribution in [2.24, 2.45) is 0 Å². The molecule has 0 unspecified atom stereocenters. The van der Waals surface area contributed by atoms with E-state index in [9.17, 15) is 9.59 Å². The Hall–Kier alpha value is -3.04. The number of aryl methyl sites for hydroxylation is 1. The number of para-hydroxylation sites is 1. The molecule has 0 aliphatic carbocycles. The number of nitrogens with zero attached hydrogens (tertiary/aromatic N) is 3. The van der Waals surface area contributed by atoms with Gasteiger partial charge in [-0.1, -0.05) is 29.5 Å². The molecule has 2 amide bonds. The summed E-state index contributed by atoms with van der Waals surface area (Å²) in [5, 5.41) is 1.64. The van der Waals surface area contributed by atoms with Gasteiger partial charge in [0.05, 0.1) is 30.0 Å². The second kappa shape index (κ2) is 7.91. The predicted octanol–water partition coefficient (Wildman–Crippen LogP) is 1.91. The summed E-state index contributed by atoms with van der Waals surface area (Å²) in [7, 11) is 0. The molecule has 28 heavy (non-hydrogen) atoms. The molecular formula is C19H19N5O3S. The monoisotopic (exact) mass is 397 g/mol. The first-order valence-electron chi connectivity index (χ1n) is 8.88. The van der Waals surface area contributed by atoms with Crippen molar-refractivity contribution in [1.29, 1.82) is 0 Å². The molecule has 3 heterocycles. The SMILES string of the molecule is Cc1nc(N2CCOCC2)sc1C(=O)NNC(=O)c1cccc2cccnc12. The molecule has 0 radical (unpaired) electrons. The quantitative estimate of drug-likeness (QED) is 0.656. The van der Waals surface area contributed by atoms with E-state index in [2.05, 4.69) is 25.7 Å². The van der Waals surface area contributed by atoms with Gasteiger partial charge in [0.15, 0.2) is 5.13 Å². The zero-order chi connectivity index (χ0) is 19.5. The Bertz CT molecular complexity index is 1020. The van der Waals surface area contributed by atoms with Gasteiger partial charge in [-0.3, -0.25) is 25.4 Å². The van der Waals surface area contributed by atoms with Crippen molar-refractivity contribution in [2.75, 3.05) is 31.2 Å². The van der Waals surface area contributed by atoms with E-state index in [-0.39, 0.29) is 0 Å². The molecule has 0 bridgehead atoms. The lowest BCUT2D eigenvalue weighted by molar-refractivity contribution is 0.0849. The van der Waals surface area contributed by atoms with Crippen LogP contribution in [0.1, 0.15) is 25.7 Å². The Labute approximate surface area is 165 Å². The second-order valence-electron chi connectivity index (χ2n) is 6.30. The summed E-state index contributed by atoms with van der Waals surface area (Å²) in [5.74, 6) is -0.815. The third kappa shape index (κ3) is 3.67. The molecule has 0 spiro atoms. The molecule has 2 aromatic heterocycles. The summed E-state index contributed by atoms with van der Waals surface area (Å²) in [6.07, 6.45) is 1.63. The van der Waals surface area contributed by atoms with E-state index >= 15 is 0 Å². The molecular weight excluding hydrogens is 378 g/mol. The summed E-state index contributed by atoms with van der Waals surface area (Å²) < 4.78 is 5.35. The van der Waals surface area contributed by atoms with Crippen LogP contribution in [0.2, 0.25) is 0 Å². The van der Waals surface area contributed by atoms with Crippen molar-refractivity contribution in [3.05, 3.63) is 52.7 Å². The first-order valence-corrected chi connectivity index (χ1v) is 9.69. The van der Waals surface area contributed by atoms with E-state index in [1.807, 2.05) is 18.2 Å². The third-order valence-corrected chi connectivity index (χ3v) is 5.66. The first kappa shape index (κ1) is 18.3. The molecule has 9 heteroatoms. The summed E-state index contributed by atoms with van der Waals surface area (Å²) >= 11 is 1.31. The average Bonchev–Trinajstić information content (AvgIpc) is 3.14. The molecule has 4 rings (SSSR count). The van der Waals surface area contributed by atoms with Crippen molar-refractivity contribution in [2.45, 2.75) is 6.92 Å². The fourth-order valence-corrected chi connectivity index (χ4v) is 4.02. The lowest BCUT2D eigenvalue weighted by Gasteiger charge is -2.25. The molecule has 1 saturated heterocycles. The number of morpholine rings is 1. The van der Waals surface area contributed by atoms with Gasteiger partial charge in [0.2, 0.25) is 0 Å². The number of rotatable bonds is 3. The molecule has 1 aromatic carbocycles. The fraction of sp³-hybridized carbons (Fsp3) is 0.263. The number of hydrogen-bond acceptors (Lipinski definition) is 7. The number of carbonyl (C=O) groups is 2. The Morgan fingerprint density at radius 1 is 1.11 bits per heavy atom. The molecule has 3 aromatic rings. The minimum atomic E-state index is -0.423. The molecule has 0 atom stereocenters. The van der Waals surface area contributed by atoms with Gasteiger partial charge in [0.1, 0.15) is 4.88 Å². The van der Waals surface area contributed by atoms with Gasteiger partial charge in [-0.15, -0.1) is 0 Å². The lowest BCUT2D eigenvalue weighted by atomic mass is 10.1. The van der Waals surface area contributed by atoms with Gasteiger partial charge >= 0.3 is 0 Å². The number of aromatic nitrogens is 2. The number of thiazole rings is 1. The van der Waals surface area contributed by atoms with Gasteiger partial charge in [-0.05, 0) is 19.1 Å². The summed E-state index contributed by atoms with van der Waals surface area (Å²) in [6, 6.07) is 9.02. The Kier molecular flexibility index (Phi) is 5.18. The number of nitrogens with one attached hydrogen (secondary N) is 2. The number of hydrogen-bond donors (Lipinski definition) is 2. The molecule has 144 valence electrons. The average molecular weight is 397 g/mol. The zero-order valence-electron chi connectivity index (χ0n) is 15.3. The van der Waals surface area contributed by atoms with Crippen molar-refractivity contribution < 1.29 is 14.3 Å². The van der Waals surface area contributed by atoms with Crippen LogP contribution in [-0.2, 0) is 4.74 Å². The van der Waals surface area contributed by atoms with Crippen molar-refractivity contribution >= 4 is 39.2 Å². The van der Waals surface area contributed by atoms with Crippen LogP contribution in [0.15, 0.2) is 36.5 Å². The number of ether oxygens (including phenoxy) is 1. The van der Waals surface area contributed by atoms with E-state index in [0.717, 1.165) is 23.6 Å². The highest BCUT2D eigenvalue weighted by Crippen LogP contribution is 2.26. The molecule has 2 N–H and O–H groups in total. The molecule has 8 nitrogen and oxygen atoms in total. The number of hydrazine groups is 1. The van der Waals surface area contributed by atoms with Crippen molar-refractivity contribution in [3.63, 3.8) is 0 Å². The van der Waals surface area contributed by atoms with E-state index in [1.54, 1.807) is 25.3 Å². The largest absolute Gasteiger partial charge is 0.378 e. The number of amides is 2. The normalized spacial score (nSPS) is 14.1. The summed E-state index contributed by atoms with van der Waals surface area (Å²) in [6.45, 7) is 4.58. The van der Waals surface area contributed by atoms with Crippen molar-refractivity contribution in [1.82, 2.24) is 20.8 Å². The maximum absolute atomic E-state index is 12.5. The number of benzene rings is 1. The maximum atomic E-state index is 12.5. The molecule has 1 fully saturated rings. The highest BCUT2D eigenvalue weighted by Gasteiger charge is 2.21. The number of anilines is 1. The van der Waals surface area contributed by atoms with Gasteiger partial charge in [-0.25, -0.2) is 4.98 Å². The van der Waals surface area contributed by atoms with E-state index in [4.69, 9.17) is 4.74 Å². The van der Waals surface area contributed by atoms with Crippen LogP contribution in [0.25, 0.3) is 10.9 Å². The van der Waals surface area contributed by atoms with Gasteiger partial charge in [0.25, 0.3) is 11.8 Å². The van der Waals surface area contributed by atoms with Crippen LogP contribution >= 0.6 is 11.3 Å². The topological polar surface area (TPSA) is 96.5 Å². The third-order valence-electron chi connectivity index (χ3n) is 4.44. The molecule has 1 aliphatic heterocycles. The predicted molar refractivity (Wildman–Crippen MR) is 107 cm³/mol. The number of carbonyl (C=O) groups excluding carboxylic acids is 2. The standard InChI is InChI=1S/C19H19N5O3S/c1-12-16(28-19(21-12)24-8-10-27-11-9-24)18(26)23-22-17(25)14-6-2-4-13-5-3-7-20-15(13)14/h2-7H,8-11H2,1H3,(H,22,25)(H,23,26). The van der Waals surface area contributed by atoms with Crippen LogP contribution in [-0.4, -0.2) is 48.1 Å². The van der Waals surface area contributed by atoms with Crippen LogP contribution < -0.4 is 15.8 Å². The van der Waals surface area contributed by atoms with Crippen LogP contribution in [0.3, 0.4) is 0 Å². The molecule has 1 aliphatic rings. The van der Waals surface area contributed by atoms with E-state index < -0.39 is 11.8 Å². The highest BCUT2D eigenvalue weighted by molar-refractivity contribution is 7.17. The van der Waals surface area contributed by atoms with E-state index in [1.165, 1.54) is 11.3 Å². The van der Waals surface area contributed by atoms with Gasteiger partial charge < -0.3 is 9.64 Å². The van der Waals surface area contributed by atoms with Crippen LogP contribution in [0.5, 0.6) is 0 Å². The lowest BCUT2D eigenvalue weighted by Crippen LogP contribution is -2.41. The number of pyridine rings is 1. The highest BCUT2D eigenvalue weighted by atomic mass is 32.1. The van der Waals surface area contributed by atoms with Crippen LogP contribution in [0.4, 0.5) is 5.13 Å². The zero-order valence-corrected chi connectivity index (χ0v) is 16.1. The fourth-order valence-electron chi connectivity index (χ4n) is 3.01.